The average molecular weight is 477 g/mol. The van der Waals surface area contributed by atoms with Gasteiger partial charge in [0, 0.05) is 24.0 Å². The van der Waals surface area contributed by atoms with Crippen molar-refractivity contribution in [1.29, 1.82) is 0 Å². The molecule has 0 saturated carbocycles. The zero-order valence-corrected chi connectivity index (χ0v) is 19.6. The Bertz CT molecular complexity index is 1430. The third-order valence-electron chi connectivity index (χ3n) is 6.06. The van der Waals surface area contributed by atoms with Crippen molar-refractivity contribution in [2.45, 2.75) is 0 Å². The predicted octanol–water partition coefficient (Wildman–Crippen LogP) is 5.31. The van der Waals surface area contributed by atoms with Crippen LogP contribution in [0.4, 0.5) is 28.4 Å². The highest BCUT2D eigenvalue weighted by atomic mass is 16.2. The molecule has 36 heavy (non-hydrogen) atoms. The van der Waals surface area contributed by atoms with E-state index < -0.39 is 0 Å². The molecule has 1 heterocycles. The van der Waals surface area contributed by atoms with Gasteiger partial charge >= 0.3 is 0 Å². The molecule has 1 aliphatic rings. The molecule has 0 fully saturated rings. The highest BCUT2D eigenvalue weighted by Gasteiger charge is 2.27. The Morgan fingerprint density at radius 1 is 0.833 bits per heavy atom. The second kappa shape index (κ2) is 9.76. The number of nitrogens with zero attached hydrogens (tertiary/aromatic N) is 2. The summed E-state index contributed by atoms with van der Waals surface area (Å²) in [5.41, 5.74) is 4.50. The van der Waals surface area contributed by atoms with Gasteiger partial charge in [0.2, 0.25) is 5.91 Å². The normalized spacial score (nSPS) is 12.4. The predicted molar refractivity (Wildman–Crippen MR) is 142 cm³/mol. The second-order valence-corrected chi connectivity index (χ2v) is 8.40. The fourth-order valence-corrected chi connectivity index (χ4v) is 4.21. The minimum atomic E-state index is -0.287. The smallest absolute Gasteiger partial charge is 0.258 e. The molecule has 2 N–H and O–H groups in total. The van der Waals surface area contributed by atoms with Crippen molar-refractivity contribution in [1.82, 2.24) is 0 Å². The molecule has 1 aliphatic heterocycles. The van der Waals surface area contributed by atoms with E-state index in [4.69, 9.17) is 0 Å². The van der Waals surface area contributed by atoms with Gasteiger partial charge in [-0.1, -0.05) is 42.5 Å². The fraction of sp³-hybridized carbons (Fsp3) is 0.0690. The molecule has 0 aromatic heterocycles. The minimum Gasteiger partial charge on any atom is -0.344 e. The number of carbonyl (C=O) groups excluding carboxylic acids is 3. The molecule has 0 spiro atoms. The van der Waals surface area contributed by atoms with Crippen LogP contribution in [-0.2, 0) is 4.79 Å². The zero-order chi connectivity index (χ0) is 25.1. The zero-order valence-electron chi connectivity index (χ0n) is 19.6. The van der Waals surface area contributed by atoms with Crippen molar-refractivity contribution in [3.8, 4) is 0 Å². The largest absolute Gasteiger partial charge is 0.344 e. The van der Waals surface area contributed by atoms with Gasteiger partial charge in [-0.05, 0) is 60.7 Å². The quantitative estimate of drug-likeness (QED) is 0.409. The number of rotatable bonds is 5. The molecular weight excluding hydrogens is 452 g/mol. The number of anilines is 5. The van der Waals surface area contributed by atoms with Gasteiger partial charge in [0.15, 0.2) is 0 Å². The summed E-state index contributed by atoms with van der Waals surface area (Å²) in [6, 6.07) is 31.1. The molecule has 0 radical (unpaired) electrons. The van der Waals surface area contributed by atoms with Gasteiger partial charge in [0.1, 0.15) is 6.54 Å². The van der Waals surface area contributed by atoms with Crippen LogP contribution in [0.5, 0.6) is 0 Å². The lowest BCUT2D eigenvalue weighted by atomic mass is 10.1. The van der Waals surface area contributed by atoms with Crippen LogP contribution in [0.3, 0.4) is 0 Å². The Hall–Kier alpha value is -4.91. The van der Waals surface area contributed by atoms with Crippen molar-refractivity contribution in [2.24, 2.45) is 0 Å². The van der Waals surface area contributed by atoms with E-state index in [9.17, 15) is 14.4 Å². The number of carbonyl (C=O) groups is 3. The Balaban J connectivity index is 1.33. The standard InChI is InChI=1S/C29H24N4O3/c1-32(22-9-3-2-4-10-22)25-13-7-5-11-23(25)28(35)30-21-17-15-20(16-18-21)29(36)33-19-27(34)31-24-12-6-8-14-26(24)33/h2-18H,19H2,1H3,(H,30,35)(H,31,34). The summed E-state index contributed by atoms with van der Waals surface area (Å²) >= 11 is 0. The first kappa shape index (κ1) is 22.9. The molecule has 4 aromatic rings. The molecule has 7 nitrogen and oxygen atoms in total. The molecule has 0 aliphatic carbocycles. The third-order valence-corrected chi connectivity index (χ3v) is 6.06. The van der Waals surface area contributed by atoms with Gasteiger partial charge in [-0.3, -0.25) is 19.3 Å². The van der Waals surface area contributed by atoms with Gasteiger partial charge in [-0.25, -0.2) is 0 Å². The molecular formula is C29H24N4O3. The van der Waals surface area contributed by atoms with E-state index in [2.05, 4.69) is 10.6 Å². The first-order valence-corrected chi connectivity index (χ1v) is 11.5. The number of nitrogens with one attached hydrogen (secondary N) is 2. The third kappa shape index (κ3) is 4.54. The first-order valence-electron chi connectivity index (χ1n) is 11.5. The van der Waals surface area contributed by atoms with Gasteiger partial charge < -0.3 is 15.5 Å². The van der Waals surface area contributed by atoms with E-state index in [0.29, 0.717) is 28.2 Å². The lowest BCUT2D eigenvalue weighted by Crippen LogP contribution is -2.42. The number of amides is 3. The van der Waals surface area contributed by atoms with Crippen molar-refractivity contribution in [2.75, 3.05) is 34.0 Å². The van der Waals surface area contributed by atoms with Gasteiger partial charge in [0.05, 0.1) is 22.6 Å². The van der Waals surface area contributed by atoms with Crippen molar-refractivity contribution < 1.29 is 14.4 Å². The van der Waals surface area contributed by atoms with Crippen LogP contribution in [0.15, 0.2) is 103 Å². The summed E-state index contributed by atoms with van der Waals surface area (Å²) in [5.74, 6) is -0.788. The number of hydrogen-bond donors (Lipinski definition) is 2. The molecule has 0 unspecified atom stereocenters. The molecule has 0 atom stereocenters. The van der Waals surface area contributed by atoms with E-state index in [1.807, 2.05) is 66.5 Å². The summed E-state index contributed by atoms with van der Waals surface area (Å²) in [6.45, 7) is -0.0555. The van der Waals surface area contributed by atoms with E-state index in [1.54, 1.807) is 48.5 Å². The van der Waals surface area contributed by atoms with Gasteiger partial charge in [-0.15, -0.1) is 0 Å². The topological polar surface area (TPSA) is 81.8 Å². The van der Waals surface area contributed by atoms with E-state index in [0.717, 1.165) is 11.4 Å². The van der Waals surface area contributed by atoms with Gasteiger partial charge in [-0.2, -0.15) is 0 Å². The molecule has 178 valence electrons. The molecule has 4 aromatic carbocycles. The lowest BCUT2D eigenvalue weighted by molar-refractivity contribution is -0.115. The van der Waals surface area contributed by atoms with Crippen molar-refractivity contribution >= 4 is 46.2 Å². The summed E-state index contributed by atoms with van der Waals surface area (Å²) in [7, 11) is 1.92. The Labute approximate surface area is 209 Å². The molecule has 7 heteroatoms. The number of benzene rings is 4. The monoisotopic (exact) mass is 476 g/mol. The summed E-state index contributed by atoms with van der Waals surface area (Å²) < 4.78 is 0. The van der Waals surface area contributed by atoms with E-state index >= 15 is 0 Å². The maximum Gasteiger partial charge on any atom is 0.258 e. The van der Waals surface area contributed by atoms with Gasteiger partial charge in [0.25, 0.3) is 11.8 Å². The molecule has 0 bridgehead atoms. The highest BCUT2D eigenvalue weighted by Crippen LogP contribution is 2.31. The summed E-state index contributed by atoms with van der Waals surface area (Å²) in [5, 5.41) is 5.70. The SMILES string of the molecule is CN(c1ccccc1)c1ccccc1C(=O)Nc1ccc(C(=O)N2CC(=O)Nc3ccccc32)cc1. The van der Waals surface area contributed by atoms with Crippen LogP contribution in [0.2, 0.25) is 0 Å². The van der Waals surface area contributed by atoms with E-state index in [-0.39, 0.29) is 24.3 Å². The maximum atomic E-state index is 13.2. The Morgan fingerprint density at radius 2 is 1.50 bits per heavy atom. The summed E-state index contributed by atoms with van der Waals surface area (Å²) in [6.07, 6.45) is 0. The van der Waals surface area contributed by atoms with Crippen molar-refractivity contribution in [3.63, 3.8) is 0 Å². The van der Waals surface area contributed by atoms with Crippen LogP contribution < -0.4 is 20.4 Å². The average Bonchev–Trinajstić information content (AvgIpc) is 2.92. The first-order chi connectivity index (χ1) is 17.5. The fourth-order valence-electron chi connectivity index (χ4n) is 4.21. The van der Waals surface area contributed by atoms with Crippen LogP contribution >= 0.6 is 0 Å². The Morgan fingerprint density at radius 3 is 2.28 bits per heavy atom. The highest BCUT2D eigenvalue weighted by molar-refractivity contribution is 6.15. The van der Waals surface area contributed by atoms with Crippen LogP contribution in [0, 0.1) is 0 Å². The minimum absolute atomic E-state index is 0.0555. The summed E-state index contributed by atoms with van der Waals surface area (Å²) in [4.78, 5) is 41.8. The Kier molecular flexibility index (Phi) is 6.19. The maximum absolute atomic E-state index is 13.2. The molecule has 0 saturated heterocycles. The van der Waals surface area contributed by atoms with E-state index in [1.165, 1.54) is 4.90 Å². The lowest BCUT2D eigenvalue weighted by Gasteiger charge is -2.29. The van der Waals surface area contributed by atoms with Crippen LogP contribution in [0.25, 0.3) is 0 Å². The van der Waals surface area contributed by atoms with Crippen molar-refractivity contribution in [3.05, 3.63) is 114 Å². The second-order valence-electron chi connectivity index (χ2n) is 8.40. The van der Waals surface area contributed by atoms with Crippen LogP contribution in [-0.4, -0.2) is 31.3 Å². The molecule has 3 amide bonds. The number of hydrogen-bond acceptors (Lipinski definition) is 4. The molecule has 5 rings (SSSR count). The van der Waals surface area contributed by atoms with Crippen LogP contribution in [0.1, 0.15) is 20.7 Å². The number of para-hydroxylation sites is 4. The number of fused-ring (bicyclic) bond motifs is 1.